The molecule has 1 N–H and O–H groups in total. The van der Waals surface area contributed by atoms with Gasteiger partial charge in [-0.15, -0.1) is 0 Å². The minimum atomic E-state index is -0.371. The molecule has 0 aromatic heterocycles. The standard InChI is InChI=1S/C20H20F2N2O2/c21-16-5-1-14(2-6-16)13-19(25)23-18-9-11-24(12-10-18)20(26)15-3-7-17(22)8-4-15/h1-8,18H,9-13H2,(H,23,25). The lowest BCUT2D eigenvalue weighted by Crippen LogP contribution is -2.46. The summed E-state index contributed by atoms with van der Waals surface area (Å²) in [6.07, 6.45) is 1.54. The van der Waals surface area contributed by atoms with Crippen molar-refractivity contribution in [2.45, 2.75) is 25.3 Å². The van der Waals surface area contributed by atoms with Crippen molar-refractivity contribution in [2.75, 3.05) is 13.1 Å². The van der Waals surface area contributed by atoms with Gasteiger partial charge in [0, 0.05) is 24.7 Å². The highest BCUT2D eigenvalue weighted by Crippen LogP contribution is 2.15. The van der Waals surface area contributed by atoms with Gasteiger partial charge in [-0.05, 0) is 54.8 Å². The summed E-state index contributed by atoms with van der Waals surface area (Å²) < 4.78 is 25.8. The maximum absolute atomic E-state index is 13.0. The predicted molar refractivity (Wildman–Crippen MR) is 93.6 cm³/mol. The van der Waals surface area contributed by atoms with Crippen LogP contribution in [0.3, 0.4) is 0 Å². The average molecular weight is 358 g/mol. The predicted octanol–water partition coefficient (Wildman–Crippen LogP) is 2.93. The maximum atomic E-state index is 13.0. The lowest BCUT2D eigenvalue weighted by Gasteiger charge is -2.32. The van der Waals surface area contributed by atoms with Crippen LogP contribution in [-0.4, -0.2) is 35.8 Å². The molecule has 1 fully saturated rings. The smallest absolute Gasteiger partial charge is 0.253 e. The van der Waals surface area contributed by atoms with Gasteiger partial charge in [-0.3, -0.25) is 9.59 Å². The van der Waals surface area contributed by atoms with E-state index in [9.17, 15) is 18.4 Å². The molecule has 0 saturated carbocycles. The Hall–Kier alpha value is -2.76. The number of nitrogens with zero attached hydrogens (tertiary/aromatic N) is 1. The summed E-state index contributed by atoms with van der Waals surface area (Å²) in [6, 6.07) is 11.4. The van der Waals surface area contributed by atoms with Gasteiger partial charge in [0.2, 0.25) is 5.91 Å². The van der Waals surface area contributed by atoms with Crippen LogP contribution < -0.4 is 5.32 Å². The van der Waals surface area contributed by atoms with Crippen molar-refractivity contribution in [2.24, 2.45) is 0 Å². The fraction of sp³-hybridized carbons (Fsp3) is 0.300. The van der Waals surface area contributed by atoms with Crippen LogP contribution >= 0.6 is 0 Å². The van der Waals surface area contributed by atoms with Crippen molar-refractivity contribution >= 4 is 11.8 Å². The topological polar surface area (TPSA) is 49.4 Å². The molecule has 1 heterocycles. The number of hydrogen-bond acceptors (Lipinski definition) is 2. The normalized spacial score (nSPS) is 14.9. The van der Waals surface area contributed by atoms with Crippen molar-refractivity contribution in [1.29, 1.82) is 0 Å². The van der Waals surface area contributed by atoms with Gasteiger partial charge in [-0.2, -0.15) is 0 Å². The van der Waals surface area contributed by atoms with E-state index in [0.717, 1.165) is 5.56 Å². The van der Waals surface area contributed by atoms with E-state index < -0.39 is 0 Å². The molecule has 4 nitrogen and oxygen atoms in total. The number of nitrogens with one attached hydrogen (secondary N) is 1. The first kappa shape index (κ1) is 18.0. The van der Waals surface area contributed by atoms with E-state index in [-0.39, 0.29) is 35.9 Å². The molecule has 1 aliphatic rings. The number of amides is 2. The van der Waals surface area contributed by atoms with E-state index in [1.165, 1.54) is 36.4 Å². The molecule has 2 aromatic rings. The summed E-state index contributed by atoms with van der Waals surface area (Å²) in [5.41, 5.74) is 1.22. The highest BCUT2D eigenvalue weighted by Gasteiger charge is 2.24. The zero-order valence-corrected chi connectivity index (χ0v) is 14.3. The second-order valence-corrected chi connectivity index (χ2v) is 6.44. The minimum Gasteiger partial charge on any atom is -0.353 e. The third-order valence-electron chi connectivity index (χ3n) is 4.52. The summed E-state index contributed by atoms with van der Waals surface area (Å²) >= 11 is 0. The largest absolute Gasteiger partial charge is 0.353 e. The summed E-state index contributed by atoms with van der Waals surface area (Å²) in [5.74, 6) is -0.933. The van der Waals surface area contributed by atoms with Crippen LogP contribution in [0.25, 0.3) is 0 Å². The van der Waals surface area contributed by atoms with Crippen LogP contribution in [0.15, 0.2) is 48.5 Å². The Balaban J connectivity index is 1.47. The minimum absolute atomic E-state index is 0.0141. The Morgan fingerprint density at radius 1 is 0.923 bits per heavy atom. The first-order chi connectivity index (χ1) is 12.5. The summed E-state index contributed by atoms with van der Waals surface area (Å²) in [5, 5.41) is 2.97. The van der Waals surface area contributed by atoms with Crippen LogP contribution in [0, 0.1) is 11.6 Å². The number of likely N-dealkylation sites (tertiary alicyclic amines) is 1. The number of piperidine rings is 1. The molecule has 1 saturated heterocycles. The molecule has 0 spiro atoms. The molecule has 1 aliphatic heterocycles. The number of hydrogen-bond donors (Lipinski definition) is 1. The monoisotopic (exact) mass is 358 g/mol. The molecule has 6 heteroatoms. The molecule has 2 amide bonds. The molecule has 0 unspecified atom stereocenters. The second-order valence-electron chi connectivity index (χ2n) is 6.44. The Morgan fingerprint density at radius 2 is 1.46 bits per heavy atom. The average Bonchev–Trinajstić information content (AvgIpc) is 2.64. The van der Waals surface area contributed by atoms with Crippen molar-refractivity contribution in [3.8, 4) is 0 Å². The summed E-state index contributed by atoms with van der Waals surface area (Å²) in [6.45, 7) is 1.08. The molecule has 0 radical (unpaired) electrons. The Kier molecular flexibility index (Phi) is 5.61. The van der Waals surface area contributed by atoms with Crippen molar-refractivity contribution in [3.63, 3.8) is 0 Å². The number of rotatable bonds is 4. The molecule has 0 bridgehead atoms. The first-order valence-electron chi connectivity index (χ1n) is 8.60. The fourth-order valence-electron chi connectivity index (χ4n) is 3.07. The highest BCUT2D eigenvalue weighted by atomic mass is 19.1. The summed E-state index contributed by atoms with van der Waals surface area (Å²) in [4.78, 5) is 26.2. The molecular formula is C20H20F2N2O2. The van der Waals surface area contributed by atoms with E-state index >= 15 is 0 Å². The zero-order valence-electron chi connectivity index (χ0n) is 14.3. The molecule has 26 heavy (non-hydrogen) atoms. The number of carbonyl (C=O) groups is 2. The molecule has 3 rings (SSSR count). The lowest BCUT2D eigenvalue weighted by molar-refractivity contribution is -0.121. The van der Waals surface area contributed by atoms with E-state index in [1.54, 1.807) is 17.0 Å². The number of benzene rings is 2. The van der Waals surface area contributed by atoms with Gasteiger partial charge >= 0.3 is 0 Å². The fourth-order valence-corrected chi connectivity index (χ4v) is 3.07. The first-order valence-corrected chi connectivity index (χ1v) is 8.60. The lowest BCUT2D eigenvalue weighted by atomic mass is 10.0. The van der Waals surface area contributed by atoms with E-state index in [2.05, 4.69) is 5.32 Å². The van der Waals surface area contributed by atoms with Gasteiger partial charge in [-0.25, -0.2) is 8.78 Å². The number of carbonyl (C=O) groups excluding carboxylic acids is 2. The third-order valence-corrected chi connectivity index (χ3v) is 4.52. The van der Waals surface area contributed by atoms with Gasteiger partial charge in [0.25, 0.3) is 5.91 Å². The van der Waals surface area contributed by atoms with Crippen molar-refractivity contribution in [1.82, 2.24) is 10.2 Å². The van der Waals surface area contributed by atoms with Crippen LogP contribution in [-0.2, 0) is 11.2 Å². The van der Waals surface area contributed by atoms with Gasteiger partial charge in [-0.1, -0.05) is 12.1 Å². The highest BCUT2D eigenvalue weighted by molar-refractivity contribution is 5.94. The Labute approximate surface area is 150 Å². The molecule has 136 valence electrons. The van der Waals surface area contributed by atoms with Gasteiger partial charge in [0.15, 0.2) is 0 Å². The number of halogens is 2. The summed E-state index contributed by atoms with van der Waals surface area (Å²) in [7, 11) is 0. The Bertz CT molecular complexity index is 767. The molecule has 2 aromatic carbocycles. The quantitative estimate of drug-likeness (QED) is 0.914. The van der Waals surface area contributed by atoms with Crippen LogP contribution in [0.5, 0.6) is 0 Å². The van der Waals surface area contributed by atoms with E-state index in [1.807, 2.05) is 0 Å². The SMILES string of the molecule is O=C(Cc1ccc(F)cc1)NC1CCN(C(=O)c2ccc(F)cc2)CC1. The van der Waals surface area contributed by atoms with Crippen LogP contribution in [0.2, 0.25) is 0 Å². The molecule has 0 aliphatic carbocycles. The molecular weight excluding hydrogens is 338 g/mol. The van der Waals surface area contributed by atoms with Crippen molar-refractivity contribution in [3.05, 3.63) is 71.3 Å². The van der Waals surface area contributed by atoms with Gasteiger partial charge in [0.05, 0.1) is 6.42 Å². The third kappa shape index (κ3) is 4.65. The zero-order chi connectivity index (χ0) is 18.5. The second kappa shape index (κ2) is 8.08. The Morgan fingerprint density at radius 3 is 2.04 bits per heavy atom. The molecule has 0 atom stereocenters. The van der Waals surface area contributed by atoms with Gasteiger partial charge in [0.1, 0.15) is 11.6 Å². The van der Waals surface area contributed by atoms with Crippen LogP contribution in [0.4, 0.5) is 8.78 Å². The van der Waals surface area contributed by atoms with Gasteiger partial charge < -0.3 is 10.2 Å². The van der Waals surface area contributed by atoms with E-state index in [0.29, 0.717) is 31.5 Å². The van der Waals surface area contributed by atoms with Crippen molar-refractivity contribution < 1.29 is 18.4 Å². The van der Waals surface area contributed by atoms with Crippen LogP contribution in [0.1, 0.15) is 28.8 Å². The van der Waals surface area contributed by atoms with E-state index in [4.69, 9.17) is 0 Å². The maximum Gasteiger partial charge on any atom is 0.253 e.